The van der Waals surface area contributed by atoms with Crippen LogP contribution in [0.2, 0.25) is 0 Å². The van der Waals surface area contributed by atoms with Crippen molar-refractivity contribution in [3.63, 3.8) is 0 Å². The molecule has 0 saturated carbocycles. The summed E-state index contributed by atoms with van der Waals surface area (Å²) in [5.74, 6) is 1.88. The Morgan fingerprint density at radius 3 is 2.12 bits per heavy atom. The average molecular weight is 428 g/mol. The maximum atomic E-state index is 6.10. The highest BCUT2D eigenvalue weighted by Crippen LogP contribution is 2.36. The first kappa shape index (κ1) is 19.2. The summed E-state index contributed by atoms with van der Waals surface area (Å²) in [6, 6.07) is 32.1. The van der Waals surface area contributed by atoms with E-state index in [-0.39, 0.29) is 0 Å². The summed E-state index contributed by atoms with van der Waals surface area (Å²) in [5, 5.41) is 5.24. The van der Waals surface area contributed by atoms with E-state index in [1.807, 2.05) is 98.0 Å². The van der Waals surface area contributed by atoms with Crippen LogP contribution in [-0.2, 0) is 0 Å². The molecule has 0 amide bonds. The Balaban J connectivity index is 1.64. The molecule has 0 fully saturated rings. The van der Waals surface area contributed by atoms with Crippen molar-refractivity contribution in [1.29, 1.82) is 0 Å². The second-order valence-corrected chi connectivity index (χ2v) is 7.78. The number of aromatic nitrogens is 3. The lowest BCUT2D eigenvalue weighted by Crippen LogP contribution is -2.00. The lowest BCUT2D eigenvalue weighted by molar-refractivity contribution is 0.669. The number of hydrogen-bond donors (Lipinski definition) is 1. The van der Waals surface area contributed by atoms with E-state index in [1.54, 1.807) is 0 Å². The number of fused-ring (bicyclic) bond motifs is 3. The molecule has 2 heterocycles. The molecular formula is C28H20N4O. The van der Waals surface area contributed by atoms with Gasteiger partial charge in [-0.15, -0.1) is 0 Å². The zero-order chi connectivity index (χ0) is 22.2. The largest absolute Gasteiger partial charge is 0.456 e. The van der Waals surface area contributed by atoms with Gasteiger partial charge in [0.1, 0.15) is 11.2 Å². The molecule has 0 radical (unpaired) electrons. The number of nitrogens with one attached hydrogen (secondary N) is 1. The monoisotopic (exact) mass is 428 g/mol. The van der Waals surface area contributed by atoms with E-state index in [0.717, 1.165) is 44.3 Å². The van der Waals surface area contributed by atoms with Crippen molar-refractivity contribution in [2.45, 2.75) is 0 Å². The van der Waals surface area contributed by atoms with Crippen LogP contribution in [-0.4, -0.2) is 22.0 Å². The minimum Gasteiger partial charge on any atom is -0.456 e. The first-order valence-corrected chi connectivity index (χ1v) is 10.8. The van der Waals surface area contributed by atoms with E-state index >= 15 is 0 Å². The highest BCUT2D eigenvalue weighted by molar-refractivity contribution is 6.11. The SMILES string of the molecule is CNc1cccc(-c2nc(-c3ccccc3)nc(-c3cccc4oc5ccccc5c34)n2)c1. The summed E-state index contributed by atoms with van der Waals surface area (Å²) in [4.78, 5) is 14.7. The molecule has 158 valence electrons. The zero-order valence-electron chi connectivity index (χ0n) is 18.0. The lowest BCUT2D eigenvalue weighted by atomic mass is 10.1. The van der Waals surface area contributed by atoms with Crippen molar-refractivity contribution < 1.29 is 4.42 Å². The summed E-state index contributed by atoms with van der Waals surface area (Å²) >= 11 is 0. The van der Waals surface area contributed by atoms with Crippen LogP contribution in [0.15, 0.2) is 101 Å². The van der Waals surface area contributed by atoms with Crippen LogP contribution in [0.25, 0.3) is 56.1 Å². The molecule has 2 aromatic heterocycles. The molecule has 0 atom stereocenters. The second kappa shape index (κ2) is 7.88. The topological polar surface area (TPSA) is 63.8 Å². The van der Waals surface area contributed by atoms with Crippen LogP contribution in [0.4, 0.5) is 5.69 Å². The van der Waals surface area contributed by atoms with E-state index < -0.39 is 0 Å². The Labute approximate surface area is 190 Å². The molecule has 0 bridgehead atoms. The van der Waals surface area contributed by atoms with Crippen LogP contribution in [0.5, 0.6) is 0 Å². The number of para-hydroxylation sites is 1. The maximum Gasteiger partial charge on any atom is 0.164 e. The van der Waals surface area contributed by atoms with Gasteiger partial charge >= 0.3 is 0 Å². The molecule has 1 N–H and O–H groups in total. The van der Waals surface area contributed by atoms with E-state index in [1.165, 1.54) is 0 Å². The summed E-state index contributed by atoms with van der Waals surface area (Å²) < 4.78 is 6.10. The first-order valence-electron chi connectivity index (χ1n) is 10.8. The van der Waals surface area contributed by atoms with Crippen molar-refractivity contribution in [1.82, 2.24) is 15.0 Å². The van der Waals surface area contributed by atoms with Crippen molar-refractivity contribution in [2.75, 3.05) is 12.4 Å². The van der Waals surface area contributed by atoms with Gasteiger partial charge in [0.05, 0.1) is 0 Å². The Morgan fingerprint density at radius 2 is 1.27 bits per heavy atom. The zero-order valence-corrected chi connectivity index (χ0v) is 18.0. The summed E-state index contributed by atoms with van der Waals surface area (Å²) in [6.07, 6.45) is 0. The Morgan fingerprint density at radius 1 is 0.606 bits per heavy atom. The second-order valence-electron chi connectivity index (χ2n) is 7.78. The molecule has 0 aliphatic rings. The molecule has 0 saturated heterocycles. The highest BCUT2D eigenvalue weighted by Gasteiger charge is 2.17. The van der Waals surface area contributed by atoms with Crippen molar-refractivity contribution >= 4 is 27.6 Å². The Kier molecular flexibility index (Phi) is 4.58. The summed E-state index contributed by atoms with van der Waals surface area (Å²) in [6.45, 7) is 0. The van der Waals surface area contributed by atoms with Crippen molar-refractivity contribution in [3.8, 4) is 34.2 Å². The third-order valence-corrected chi connectivity index (χ3v) is 5.72. The molecule has 0 aliphatic heterocycles. The number of furan rings is 1. The minimum absolute atomic E-state index is 0.617. The molecular weight excluding hydrogens is 408 g/mol. The van der Waals surface area contributed by atoms with E-state index in [0.29, 0.717) is 17.5 Å². The molecule has 5 heteroatoms. The van der Waals surface area contributed by atoms with Gasteiger partial charge in [0.25, 0.3) is 0 Å². The molecule has 0 aliphatic carbocycles. The number of hydrogen-bond acceptors (Lipinski definition) is 5. The molecule has 6 aromatic rings. The molecule has 0 unspecified atom stereocenters. The Hall–Kier alpha value is -4.51. The van der Waals surface area contributed by atoms with Crippen LogP contribution in [0.1, 0.15) is 0 Å². The summed E-state index contributed by atoms with van der Waals surface area (Å²) in [5.41, 5.74) is 5.44. The van der Waals surface area contributed by atoms with Gasteiger partial charge in [-0.05, 0) is 24.3 Å². The number of benzene rings is 4. The summed E-state index contributed by atoms with van der Waals surface area (Å²) in [7, 11) is 1.90. The first-order chi connectivity index (χ1) is 16.3. The predicted octanol–water partition coefficient (Wildman–Crippen LogP) is 6.81. The average Bonchev–Trinajstić information content (AvgIpc) is 3.28. The standard InChI is InChI=1S/C28H20N4O/c1-29-20-12-7-11-19(17-20)27-30-26(18-9-3-2-4-10-18)31-28(32-27)22-14-8-16-24-25(22)21-13-5-6-15-23(21)33-24/h2-17,29H,1H3. The van der Waals surface area contributed by atoms with Gasteiger partial charge in [0, 0.05) is 40.2 Å². The smallest absolute Gasteiger partial charge is 0.164 e. The third kappa shape index (κ3) is 3.40. The van der Waals surface area contributed by atoms with Gasteiger partial charge in [0.15, 0.2) is 17.5 Å². The van der Waals surface area contributed by atoms with Gasteiger partial charge in [-0.2, -0.15) is 0 Å². The van der Waals surface area contributed by atoms with E-state index in [9.17, 15) is 0 Å². The van der Waals surface area contributed by atoms with Gasteiger partial charge in [-0.25, -0.2) is 15.0 Å². The quantitative estimate of drug-likeness (QED) is 0.334. The van der Waals surface area contributed by atoms with Crippen LogP contribution >= 0.6 is 0 Å². The van der Waals surface area contributed by atoms with E-state index in [2.05, 4.69) is 11.4 Å². The normalized spacial score (nSPS) is 11.2. The minimum atomic E-state index is 0.617. The van der Waals surface area contributed by atoms with Crippen molar-refractivity contribution in [2.24, 2.45) is 0 Å². The molecule has 0 spiro atoms. The van der Waals surface area contributed by atoms with Crippen molar-refractivity contribution in [3.05, 3.63) is 97.1 Å². The van der Waals surface area contributed by atoms with E-state index in [4.69, 9.17) is 19.4 Å². The fourth-order valence-corrected chi connectivity index (χ4v) is 4.12. The molecule has 4 aromatic carbocycles. The Bertz CT molecular complexity index is 1610. The van der Waals surface area contributed by atoms with Crippen LogP contribution in [0.3, 0.4) is 0 Å². The fourth-order valence-electron chi connectivity index (χ4n) is 4.12. The maximum absolute atomic E-state index is 6.10. The van der Waals surface area contributed by atoms with Crippen LogP contribution in [0, 0.1) is 0 Å². The number of anilines is 1. The predicted molar refractivity (Wildman–Crippen MR) is 133 cm³/mol. The van der Waals surface area contributed by atoms with Gasteiger partial charge < -0.3 is 9.73 Å². The highest BCUT2D eigenvalue weighted by atomic mass is 16.3. The molecule has 5 nitrogen and oxygen atoms in total. The van der Waals surface area contributed by atoms with Gasteiger partial charge in [-0.1, -0.05) is 72.8 Å². The molecule has 6 rings (SSSR count). The lowest BCUT2D eigenvalue weighted by Gasteiger charge is -2.10. The van der Waals surface area contributed by atoms with Crippen LogP contribution < -0.4 is 5.32 Å². The fraction of sp³-hybridized carbons (Fsp3) is 0.0357. The van der Waals surface area contributed by atoms with Gasteiger partial charge in [-0.3, -0.25) is 0 Å². The molecule has 33 heavy (non-hydrogen) atoms. The van der Waals surface area contributed by atoms with Gasteiger partial charge in [0.2, 0.25) is 0 Å². The number of nitrogens with zero attached hydrogens (tertiary/aromatic N) is 3. The third-order valence-electron chi connectivity index (χ3n) is 5.72. The number of rotatable bonds is 4.